The maximum atomic E-state index is 12.8. The molecule has 0 amide bonds. The first-order chi connectivity index (χ1) is 17.4. The van der Waals surface area contributed by atoms with Gasteiger partial charge in [0.25, 0.3) is 0 Å². The van der Waals surface area contributed by atoms with Crippen molar-refractivity contribution in [2.75, 3.05) is 19.8 Å². The number of benzene rings is 1. The molecule has 2 rings (SSSR count). The number of hydrogen-bond acceptors (Lipinski definition) is 10. The zero-order chi connectivity index (χ0) is 29.5. The van der Waals surface area contributed by atoms with Crippen LogP contribution in [0.5, 0.6) is 0 Å². The lowest BCUT2D eigenvalue weighted by Crippen LogP contribution is -2.59. The van der Waals surface area contributed by atoms with Gasteiger partial charge in [-0.15, -0.1) is 0 Å². The third kappa shape index (κ3) is 8.35. The van der Waals surface area contributed by atoms with Crippen LogP contribution < -0.4 is 5.73 Å². The van der Waals surface area contributed by atoms with Gasteiger partial charge in [-0.1, -0.05) is 72.9 Å². The van der Waals surface area contributed by atoms with Gasteiger partial charge in [0.05, 0.1) is 25.2 Å². The molecule has 1 unspecified atom stereocenters. The topological polar surface area (TPSA) is 197 Å². The van der Waals surface area contributed by atoms with Gasteiger partial charge in [0.1, 0.15) is 5.60 Å². The van der Waals surface area contributed by atoms with E-state index in [9.17, 15) is 20.4 Å². The van der Waals surface area contributed by atoms with Gasteiger partial charge in [0.15, 0.2) is 0 Å². The molecular formula is C26H49NO9P2. The molecule has 0 radical (unpaired) electrons. The van der Waals surface area contributed by atoms with Crippen molar-refractivity contribution in [3.05, 3.63) is 34.4 Å². The average molecular weight is 582 g/mol. The maximum absolute atomic E-state index is 12.8. The third-order valence-corrected chi connectivity index (χ3v) is 8.66. The van der Waals surface area contributed by atoms with E-state index in [0.29, 0.717) is 6.54 Å². The molecule has 1 aromatic rings. The van der Waals surface area contributed by atoms with Crippen LogP contribution in [-0.4, -0.2) is 59.8 Å². The molecule has 0 aromatic heterocycles. The fourth-order valence-electron chi connectivity index (χ4n) is 5.41. The van der Waals surface area contributed by atoms with Crippen molar-refractivity contribution >= 4 is 17.2 Å². The van der Waals surface area contributed by atoms with Gasteiger partial charge in [-0.25, -0.2) is 4.31 Å². The summed E-state index contributed by atoms with van der Waals surface area (Å²) < 4.78 is 3.60. The molecule has 0 heterocycles. The summed E-state index contributed by atoms with van der Waals surface area (Å²) >= 11 is 0. The Labute approximate surface area is 229 Å². The Balaban J connectivity index is 0.000000905. The lowest BCUT2D eigenvalue weighted by Gasteiger charge is -2.53. The van der Waals surface area contributed by atoms with Gasteiger partial charge in [-0.2, -0.15) is 0 Å². The van der Waals surface area contributed by atoms with Crippen molar-refractivity contribution in [2.45, 2.75) is 96.6 Å². The molecule has 0 bridgehead atoms. The molecular weight excluding hydrogens is 532 g/mol. The Morgan fingerprint density at radius 3 is 1.45 bits per heavy atom. The van der Waals surface area contributed by atoms with E-state index < -0.39 is 48.0 Å². The van der Waals surface area contributed by atoms with E-state index in [4.69, 9.17) is 25.3 Å². The SMILES string of the molecule is CC(C)(C)c1cc(CN)cc(C(C)(C)C)c1C(O)(C1CCCCC1)C(CO)(CO)CO.OP(O)OP(O)O. The van der Waals surface area contributed by atoms with Crippen molar-refractivity contribution in [3.8, 4) is 0 Å². The van der Waals surface area contributed by atoms with E-state index in [1.165, 1.54) is 0 Å². The second-order valence-electron chi connectivity index (χ2n) is 12.2. The van der Waals surface area contributed by atoms with E-state index in [1.54, 1.807) is 0 Å². The highest BCUT2D eigenvalue weighted by Gasteiger charge is 2.57. The smallest absolute Gasteiger partial charge is 0.334 e. The molecule has 38 heavy (non-hydrogen) atoms. The number of hydrogen-bond donors (Lipinski definition) is 9. The quantitative estimate of drug-likeness (QED) is 0.196. The first-order valence-corrected chi connectivity index (χ1v) is 15.3. The van der Waals surface area contributed by atoms with Gasteiger partial charge < -0.3 is 45.7 Å². The molecule has 222 valence electrons. The fraction of sp³-hybridized carbons (Fsp3) is 0.769. The van der Waals surface area contributed by atoms with E-state index in [2.05, 4.69) is 58.0 Å². The molecule has 10 nitrogen and oxygen atoms in total. The Kier molecular flexibility index (Phi) is 13.7. The van der Waals surface area contributed by atoms with Crippen molar-refractivity contribution in [1.82, 2.24) is 0 Å². The Morgan fingerprint density at radius 1 is 0.789 bits per heavy atom. The monoisotopic (exact) mass is 581 g/mol. The van der Waals surface area contributed by atoms with Gasteiger partial charge in [0.2, 0.25) is 0 Å². The predicted molar refractivity (Wildman–Crippen MR) is 150 cm³/mol. The molecule has 10 N–H and O–H groups in total. The van der Waals surface area contributed by atoms with Crippen LogP contribution in [0.4, 0.5) is 0 Å². The van der Waals surface area contributed by atoms with Crippen LogP contribution in [0.15, 0.2) is 12.1 Å². The second kappa shape index (κ2) is 14.5. The van der Waals surface area contributed by atoms with Crippen LogP contribution in [0, 0.1) is 11.3 Å². The molecule has 0 spiro atoms. The normalized spacial score (nSPS) is 17.4. The highest BCUT2D eigenvalue weighted by molar-refractivity contribution is 7.53. The van der Waals surface area contributed by atoms with E-state index >= 15 is 0 Å². The van der Waals surface area contributed by atoms with Gasteiger partial charge >= 0.3 is 17.2 Å². The minimum atomic E-state index is -2.61. The van der Waals surface area contributed by atoms with Crippen molar-refractivity contribution < 1.29 is 44.3 Å². The van der Waals surface area contributed by atoms with Gasteiger partial charge in [0, 0.05) is 6.54 Å². The summed E-state index contributed by atoms with van der Waals surface area (Å²) in [6.07, 6.45) is 4.68. The van der Waals surface area contributed by atoms with Crippen molar-refractivity contribution in [1.29, 1.82) is 0 Å². The van der Waals surface area contributed by atoms with Gasteiger partial charge in [-0.05, 0) is 51.8 Å². The van der Waals surface area contributed by atoms with E-state index in [1.807, 2.05) is 0 Å². The number of rotatable bonds is 9. The Bertz CT molecular complexity index is 812. The number of nitrogens with two attached hydrogens (primary N) is 1. The van der Waals surface area contributed by atoms with Crippen molar-refractivity contribution in [3.63, 3.8) is 0 Å². The van der Waals surface area contributed by atoms with Crippen LogP contribution in [0.3, 0.4) is 0 Å². The molecule has 1 aliphatic carbocycles. The van der Waals surface area contributed by atoms with Gasteiger partial charge in [-0.3, -0.25) is 0 Å². The largest absolute Gasteiger partial charge is 0.395 e. The molecule has 12 heteroatoms. The van der Waals surface area contributed by atoms with Crippen LogP contribution in [0.2, 0.25) is 0 Å². The molecule has 1 atom stereocenters. The standard InChI is InChI=1S/C26H45NO4.H4O5P2/c1-23(2,3)20-12-18(14-27)13-21(24(4,5)6)22(20)26(31,19-10-8-7-9-11-19)25(15-28,16-29)17-30;1-6(2)5-7(3)4/h12-13,19,28-31H,7-11,14-17,27H2,1-6H3;1-4H. The minimum Gasteiger partial charge on any atom is -0.395 e. The molecule has 1 aromatic carbocycles. The predicted octanol–water partition coefficient (Wildman–Crippen LogP) is 2.90. The average Bonchev–Trinajstić information content (AvgIpc) is 2.83. The Hall–Kier alpha value is -0.320. The van der Waals surface area contributed by atoms with E-state index in [0.717, 1.165) is 54.4 Å². The highest BCUT2D eigenvalue weighted by Crippen LogP contribution is 2.54. The summed E-state index contributed by atoms with van der Waals surface area (Å²) in [4.78, 5) is 31.3. The second-order valence-corrected chi connectivity index (χ2v) is 13.9. The zero-order valence-corrected chi connectivity index (χ0v) is 25.3. The molecule has 1 aliphatic rings. The van der Waals surface area contributed by atoms with Crippen LogP contribution in [0.25, 0.3) is 0 Å². The number of aliphatic hydroxyl groups excluding tert-OH is 3. The minimum absolute atomic E-state index is 0.168. The third-order valence-electron chi connectivity index (χ3n) is 7.49. The lowest BCUT2D eigenvalue weighted by molar-refractivity contribution is -0.196. The Morgan fingerprint density at radius 2 is 1.18 bits per heavy atom. The first kappa shape index (κ1) is 35.7. The molecule has 1 fully saturated rings. The van der Waals surface area contributed by atoms with E-state index in [-0.39, 0.29) is 16.7 Å². The van der Waals surface area contributed by atoms with Crippen molar-refractivity contribution in [2.24, 2.45) is 17.1 Å². The van der Waals surface area contributed by atoms with Crippen LogP contribution in [-0.2, 0) is 27.3 Å². The highest BCUT2D eigenvalue weighted by atomic mass is 31.2. The summed E-state index contributed by atoms with van der Waals surface area (Å²) in [5.41, 5.74) is 6.08. The first-order valence-electron chi connectivity index (χ1n) is 12.9. The van der Waals surface area contributed by atoms with Crippen LogP contribution in [0.1, 0.15) is 95.9 Å². The zero-order valence-electron chi connectivity index (χ0n) is 23.6. The summed E-state index contributed by atoms with van der Waals surface area (Å²) in [5.74, 6) is -0.168. The fourth-order valence-corrected chi connectivity index (χ4v) is 5.94. The molecule has 0 aliphatic heterocycles. The lowest BCUT2D eigenvalue weighted by atomic mass is 9.56. The summed E-state index contributed by atoms with van der Waals surface area (Å²) in [5, 5.41) is 44.2. The van der Waals surface area contributed by atoms with Crippen LogP contribution >= 0.6 is 17.2 Å². The molecule has 1 saturated carbocycles. The molecule has 0 saturated heterocycles. The summed E-state index contributed by atoms with van der Waals surface area (Å²) in [6.45, 7) is 11.5. The maximum Gasteiger partial charge on any atom is 0.334 e. The number of aliphatic hydroxyl groups is 4. The summed E-state index contributed by atoms with van der Waals surface area (Å²) in [7, 11) is -5.22. The summed E-state index contributed by atoms with van der Waals surface area (Å²) in [6, 6.07) is 4.13.